The first-order chi connectivity index (χ1) is 9.25. The van der Waals surface area contributed by atoms with Gasteiger partial charge in [0, 0.05) is 17.6 Å². The van der Waals surface area contributed by atoms with Crippen molar-refractivity contribution in [2.45, 2.75) is 6.10 Å². The normalized spacial score (nSPS) is 18.9. The summed E-state index contributed by atoms with van der Waals surface area (Å²) in [6, 6.07) is 7.60. The molecule has 19 heavy (non-hydrogen) atoms. The number of rotatable bonds is 5. The van der Waals surface area contributed by atoms with Crippen LogP contribution in [0, 0.1) is 0 Å². The second kappa shape index (κ2) is 7.47. The van der Waals surface area contributed by atoms with E-state index in [2.05, 4.69) is 26.6 Å². The zero-order chi connectivity index (χ0) is 13.5. The number of amides is 1. The average Bonchev–Trinajstić information content (AvgIpc) is 2.44. The van der Waals surface area contributed by atoms with Gasteiger partial charge in [0.1, 0.15) is 18.5 Å². The molecule has 2 N–H and O–H groups in total. The van der Waals surface area contributed by atoms with Crippen molar-refractivity contribution in [1.82, 2.24) is 10.6 Å². The molecule has 0 aliphatic carbocycles. The van der Waals surface area contributed by atoms with Crippen LogP contribution in [0.1, 0.15) is 0 Å². The second-order valence-corrected chi connectivity index (χ2v) is 5.08. The van der Waals surface area contributed by atoms with Gasteiger partial charge in [0.15, 0.2) is 0 Å². The molecule has 1 unspecified atom stereocenters. The molecule has 6 heteroatoms. The summed E-state index contributed by atoms with van der Waals surface area (Å²) in [5.41, 5.74) is 0. The fourth-order valence-corrected chi connectivity index (χ4v) is 2.13. The lowest BCUT2D eigenvalue weighted by atomic mass is 10.3. The lowest BCUT2D eigenvalue weighted by Gasteiger charge is -2.22. The van der Waals surface area contributed by atoms with E-state index in [0.29, 0.717) is 26.3 Å². The van der Waals surface area contributed by atoms with Crippen molar-refractivity contribution in [3.63, 3.8) is 0 Å². The van der Waals surface area contributed by atoms with Crippen LogP contribution in [0.5, 0.6) is 5.75 Å². The Morgan fingerprint density at radius 3 is 3.21 bits per heavy atom. The largest absolute Gasteiger partial charge is 0.492 e. The molecule has 1 heterocycles. The highest BCUT2D eigenvalue weighted by atomic mass is 79.9. The fourth-order valence-electron chi connectivity index (χ4n) is 1.75. The minimum Gasteiger partial charge on any atom is -0.492 e. The molecule has 1 aromatic carbocycles. The molecule has 0 radical (unpaired) electrons. The van der Waals surface area contributed by atoms with Gasteiger partial charge in [-0.2, -0.15) is 0 Å². The van der Waals surface area contributed by atoms with Crippen molar-refractivity contribution >= 4 is 21.8 Å². The van der Waals surface area contributed by atoms with Gasteiger partial charge in [0.2, 0.25) is 0 Å². The van der Waals surface area contributed by atoms with Crippen LogP contribution in [0.3, 0.4) is 0 Å². The van der Waals surface area contributed by atoms with Gasteiger partial charge in [-0.05, 0) is 18.2 Å². The summed E-state index contributed by atoms with van der Waals surface area (Å²) >= 11 is 3.37. The molecular weight excluding hydrogens is 312 g/mol. The van der Waals surface area contributed by atoms with Crippen molar-refractivity contribution in [3.8, 4) is 5.75 Å². The third kappa shape index (κ3) is 4.81. The average molecular weight is 329 g/mol. The van der Waals surface area contributed by atoms with Crippen molar-refractivity contribution in [2.24, 2.45) is 0 Å². The summed E-state index contributed by atoms with van der Waals surface area (Å²) in [6.45, 7) is 2.84. The lowest BCUT2D eigenvalue weighted by Crippen LogP contribution is -2.48. The number of hydrogen-bond donors (Lipinski definition) is 2. The van der Waals surface area contributed by atoms with Gasteiger partial charge in [-0.15, -0.1) is 0 Å². The van der Waals surface area contributed by atoms with E-state index < -0.39 is 0 Å². The Hall–Kier alpha value is -1.11. The van der Waals surface area contributed by atoms with E-state index >= 15 is 0 Å². The smallest absolute Gasteiger partial charge is 0.250 e. The van der Waals surface area contributed by atoms with Crippen LogP contribution in [-0.2, 0) is 9.53 Å². The number of benzene rings is 1. The highest BCUT2D eigenvalue weighted by Gasteiger charge is 2.20. The first-order valence-electron chi connectivity index (χ1n) is 6.24. The predicted octanol–water partition coefficient (Wildman–Crippen LogP) is 0.932. The summed E-state index contributed by atoms with van der Waals surface area (Å²) in [5.74, 6) is 0.684. The number of morpholine rings is 1. The van der Waals surface area contributed by atoms with Crippen molar-refractivity contribution in [1.29, 1.82) is 0 Å². The molecule has 0 spiro atoms. The Labute approximate surface area is 120 Å². The Morgan fingerprint density at radius 2 is 2.47 bits per heavy atom. The summed E-state index contributed by atoms with van der Waals surface area (Å²) in [6.07, 6.45) is -0.389. The Balaban J connectivity index is 1.65. The summed E-state index contributed by atoms with van der Waals surface area (Å²) in [7, 11) is 0. The number of nitrogens with one attached hydrogen (secondary N) is 2. The quantitative estimate of drug-likeness (QED) is 0.789. The molecule has 5 nitrogen and oxygen atoms in total. The third-order valence-electron chi connectivity index (χ3n) is 2.69. The fraction of sp³-hybridized carbons (Fsp3) is 0.462. The lowest BCUT2D eigenvalue weighted by molar-refractivity contribution is -0.134. The van der Waals surface area contributed by atoms with Gasteiger partial charge in [0.05, 0.1) is 13.2 Å². The Bertz CT molecular complexity index is 422. The SMILES string of the molecule is O=C(NCCOc1cccc(Br)c1)C1CNCCO1. The standard InChI is InChI=1S/C13H17BrN2O3/c14-10-2-1-3-11(8-10)18-7-5-16-13(17)12-9-15-4-6-19-12/h1-3,8,12,15H,4-7,9H2,(H,16,17). The van der Waals surface area contributed by atoms with Gasteiger partial charge < -0.3 is 20.1 Å². The van der Waals surface area contributed by atoms with Crippen LogP contribution in [0.4, 0.5) is 0 Å². The van der Waals surface area contributed by atoms with E-state index in [4.69, 9.17) is 9.47 Å². The summed E-state index contributed by atoms with van der Waals surface area (Å²) in [5, 5.41) is 5.91. The van der Waals surface area contributed by atoms with Crippen molar-refractivity contribution in [2.75, 3.05) is 32.8 Å². The molecule has 104 valence electrons. The van der Waals surface area contributed by atoms with Gasteiger partial charge in [-0.1, -0.05) is 22.0 Å². The van der Waals surface area contributed by atoms with E-state index in [1.165, 1.54) is 0 Å². The summed E-state index contributed by atoms with van der Waals surface area (Å²) in [4.78, 5) is 11.7. The maximum absolute atomic E-state index is 11.7. The topological polar surface area (TPSA) is 59.6 Å². The van der Waals surface area contributed by atoms with Crippen LogP contribution in [0.25, 0.3) is 0 Å². The van der Waals surface area contributed by atoms with Gasteiger partial charge in [0.25, 0.3) is 5.91 Å². The third-order valence-corrected chi connectivity index (χ3v) is 3.18. The Kier molecular flexibility index (Phi) is 5.62. The number of hydrogen-bond acceptors (Lipinski definition) is 4. The molecule has 1 atom stereocenters. The first kappa shape index (κ1) is 14.3. The molecule has 0 aromatic heterocycles. The Morgan fingerprint density at radius 1 is 1.58 bits per heavy atom. The molecule has 1 saturated heterocycles. The molecule has 0 saturated carbocycles. The van der Waals surface area contributed by atoms with Crippen LogP contribution < -0.4 is 15.4 Å². The van der Waals surface area contributed by atoms with Crippen molar-refractivity contribution in [3.05, 3.63) is 28.7 Å². The van der Waals surface area contributed by atoms with Crippen LogP contribution in [0.15, 0.2) is 28.7 Å². The van der Waals surface area contributed by atoms with Crippen molar-refractivity contribution < 1.29 is 14.3 Å². The zero-order valence-electron chi connectivity index (χ0n) is 10.5. The molecular formula is C13H17BrN2O3. The van der Waals surface area contributed by atoms with E-state index in [9.17, 15) is 4.79 Å². The minimum absolute atomic E-state index is 0.0926. The van der Waals surface area contributed by atoms with Gasteiger partial charge in [-0.3, -0.25) is 4.79 Å². The maximum Gasteiger partial charge on any atom is 0.250 e. The zero-order valence-corrected chi connectivity index (χ0v) is 12.1. The highest BCUT2D eigenvalue weighted by molar-refractivity contribution is 9.10. The monoisotopic (exact) mass is 328 g/mol. The second-order valence-electron chi connectivity index (χ2n) is 4.16. The minimum atomic E-state index is -0.389. The molecule has 1 aliphatic heterocycles. The van der Waals surface area contributed by atoms with E-state index in [0.717, 1.165) is 16.8 Å². The first-order valence-corrected chi connectivity index (χ1v) is 7.03. The van der Waals surface area contributed by atoms with Gasteiger partial charge >= 0.3 is 0 Å². The van der Waals surface area contributed by atoms with E-state index in [1.54, 1.807) is 0 Å². The van der Waals surface area contributed by atoms with Gasteiger partial charge in [-0.25, -0.2) is 0 Å². The molecule has 1 aliphatic rings. The van der Waals surface area contributed by atoms with Crippen LogP contribution >= 0.6 is 15.9 Å². The van der Waals surface area contributed by atoms with E-state index in [-0.39, 0.29) is 12.0 Å². The molecule has 0 bridgehead atoms. The van der Waals surface area contributed by atoms with E-state index in [1.807, 2.05) is 24.3 Å². The number of carbonyl (C=O) groups excluding carboxylic acids is 1. The number of carbonyl (C=O) groups is 1. The van der Waals surface area contributed by atoms with Crippen LogP contribution in [0.2, 0.25) is 0 Å². The molecule has 1 fully saturated rings. The molecule has 2 rings (SSSR count). The predicted molar refractivity (Wildman–Crippen MR) is 75.3 cm³/mol. The number of halogens is 1. The maximum atomic E-state index is 11.7. The molecule has 1 aromatic rings. The highest BCUT2D eigenvalue weighted by Crippen LogP contribution is 2.17. The van der Waals surface area contributed by atoms with Crippen LogP contribution in [-0.4, -0.2) is 44.9 Å². The molecule has 1 amide bonds. The summed E-state index contributed by atoms with van der Waals surface area (Å²) < 4.78 is 11.8. The number of ether oxygens (including phenoxy) is 2.